The van der Waals surface area contributed by atoms with E-state index in [1.54, 1.807) is 24.3 Å². The molecule has 3 rings (SSSR count). The molecule has 0 radical (unpaired) electrons. The predicted octanol–water partition coefficient (Wildman–Crippen LogP) is 0.154. The molecule has 0 atom stereocenters. The van der Waals surface area contributed by atoms with Crippen molar-refractivity contribution in [2.75, 3.05) is 5.32 Å². The third-order valence-electron chi connectivity index (χ3n) is 4.63. The lowest BCUT2D eigenvalue weighted by molar-refractivity contribution is -0.697. The third kappa shape index (κ3) is 8.61. The van der Waals surface area contributed by atoms with Crippen LogP contribution in [0.5, 0.6) is 0 Å². The van der Waals surface area contributed by atoms with Crippen molar-refractivity contribution in [3.63, 3.8) is 0 Å². The van der Waals surface area contributed by atoms with E-state index in [2.05, 4.69) is 5.32 Å². The summed E-state index contributed by atoms with van der Waals surface area (Å²) >= 11 is 1.03. The fourth-order valence-electron chi connectivity index (χ4n) is 3.07. The van der Waals surface area contributed by atoms with Crippen LogP contribution in [-0.2, 0) is 26.2 Å². The van der Waals surface area contributed by atoms with E-state index in [1.807, 2.05) is 39.9 Å². The quantitative estimate of drug-likeness (QED) is 0.276. The van der Waals surface area contributed by atoms with Crippen LogP contribution < -0.4 is 31.6 Å². The van der Waals surface area contributed by atoms with Crippen molar-refractivity contribution in [3.8, 4) is 0 Å². The first-order valence-electron chi connectivity index (χ1n) is 10.4. The first kappa shape index (κ1) is 28.2. The Morgan fingerprint density at radius 1 is 0.914 bits per heavy atom. The highest BCUT2D eigenvalue weighted by atomic mass is 79.9. The molecule has 0 aliphatic rings. The zero-order valence-corrected chi connectivity index (χ0v) is 22.0. The van der Waals surface area contributed by atoms with Gasteiger partial charge in [-0.15, -0.1) is 0 Å². The zero-order valence-electron chi connectivity index (χ0n) is 18.8. The van der Waals surface area contributed by atoms with E-state index in [9.17, 15) is 22.8 Å². The number of amides is 2. The number of carbonyl (C=O) groups is 3. The SMILES string of the molecule is CC(=O)NS(=O)(=O)c1ccc(NC(=O)c2ccccc2SC(=O)CCC[n+]2ccccc2)cc1.[Br-]. The van der Waals surface area contributed by atoms with Gasteiger partial charge in [0.2, 0.25) is 5.91 Å². The molecule has 2 N–H and O–H groups in total. The molecular formula is C24H24BrN3O5S2. The van der Waals surface area contributed by atoms with Crippen LogP contribution in [0.1, 0.15) is 30.1 Å². The van der Waals surface area contributed by atoms with E-state index >= 15 is 0 Å². The number of hydrogen-bond acceptors (Lipinski definition) is 6. The number of aryl methyl sites for hydroxylation is 1. The minimum Gasteiger partial charge on any atom is -1.00 e. The molecule has 1 heterocycles. The average molecular weight is 579 g/mol. The molecule has 0 saturated carbocycles. The third-order valence-corrected chi connectivity index (χ3v) is 7.09. The van der Waals surface area contributed by atoms with Gasteiger partial charge in [0.1, 0.15) is 6.54 Å². The summed E-state index contributed by atoms with van der Waals surface area (Å²) in [6, 6.07) is 18.0. The van der Waals surface area contributed by atoms with E-state index in [0.29, 0.717) is 29.0 Å². The summed E-state index contributed by atoms with van der Waals surface area (Å²) in [5.41, 5.74) is 0.714. The standard InChI is InChI=1S/C24H23N3O5S2.BrH/c1-18(28)26-34(31,32)20-13-11-19(12-14-20)25-24(30)21-8-3-4-9-22(21)33-23(29)10-7-17-27-15-5-2-6-16-27;/h2-6,8-9,11-16H,7,10,17H2,1H3,(H-,25,26,28,30);1H. The van der Waals surface area contributed by atoms with E-state index in [0.717, 1.165) is 25.2 Å². The van der Waals surface area contributed by atoms with Crippen LogP contribution >= 0.6 is 11.8 Å². The normalized spacial score (nSPS) is 10.7. The van der Waals surface area contributed by atoms with Crippen LogP contribution in [0.3, 0.4) is 0 Å². The maximum Gasteiger partial charge on any atom is 0.264 e. The number of sulfonamides is 1. The van der Waals surface area contributed by atoms with E-state index in [1.165, 1.54) is 24.3 Å². The van der Waals surface area contributed by atoms with Crippen molar-refractivity contribution in [1.82, 2.24) is 4.72 Å². The molecule has 11 heteroatoms. The summed E-state index contributed by atoms with van der Waals surface area (Å²) in [5, 5.41) is 2.67. The second-order valence-corrected chi connectivity index (χ2v) is 10.1. The summed E-state index contributed by atoms with van der Waals surface area (Å²) < 4.78 is 28.0. The van der Waals surface area contributed by atoms with Crippen molar-refractivity contribution in [2.45, 2.75) is 36.1 Å². The van der Waals surface area contributed by atoms with Gasteiger partial charge >= 0.3 is 0 Å². The molecule has 0 aliphatic carbocycles. The van der Waals surface area contributed by atoms with Gasteiger partial charge in [-0.2, -0.15) is 0 Å². The first-order valence-corrected chi connectivity index (χ1v) is 12.7. The number of nitrogens with zero attached hydrogens (tertiary/aromatic N) is 1. The fraction of sp³-hybridized carbons (Fsp3) is 0.167. The lowest BCUT2D eigenvalue weighted by atomic mass is 10.2. The summed E-state index contributed by atoms with van der Waals surface area (Å²) in [6.07, 6.45) is 4.94. The molecule has 2 amide bonds. The number of carbonyl (C=O) groups excluding carboxylic acids is 3. The van der Waals surface area contributed by atoms with Gasteiger partial charge < -0.3 is 22.3 Å². The molecule has 0 fully saturated rings. The van der Waals surface area contributed by atoms with Gasteiger partial charge in [0, 0.05) is 42.5 Å². The second-order valence-electron chi connectivity index (χ2n) is 7.33. The Morgan fingerprint density at radius 2 is 1.57 bits per heavy atom. The van der Waals surface area contributed by atoms with Crippen LogP contribution in [-0.4, -0.2) is 25.3 Å². The topological polar surface area (TPSA) is 113 Å². The van der Waals surface area contributed by atoms with Gasteiger partial charge in [-0.1, -0.05) is 30.0 Å². The lowest BCUT2D eigenvalue weighted by Gasteiger charge is -2.10. The second kappa shape index (κ2) is 13.2. The number of rotatable bonds is 9. The molecule has 0 unspecified atom stereocenters. The molecule has 35 heavy (non-hydrogen) atoms. The summed E-state index contributed by atoms with van der Waals surface area (Å²) in [4.78, 5) is 36.8. The monoisotopic (exact) mass is 577 g/mol. The van der Waals surface area contributed by atoms with Crippen molar-refractivity contribution in [1.29, 1.82) is 0 Å². The van der Waals surface area contributed by atoms with Crippen LogP contribution in [0.25, 0.3) is 0 Å². The average Bonchev–Trinajstić information content (AvgIpc) is 2.79. The molecule has 1 aromatic heterocycles. The van der Waals surface area contributed by atoms with E-state index < -0.39 is 21.8 Å². The molecule has 8 nitrogen and oxygen atoms in total. The maximum absolute atomic E-state index is 12.8. The van der Waals surface area contributed by atoms with Crippen LogP contribution in [0.2, 0.25) is 0 Å². The number of pyridine rings is 1. The molecule has 0 spiro atoms. The summed E-state index contributed by atoms with van der Waals surface area (Å²) in [7, 11) is -3.96. The number of nitrogens with one attached hydrogen (secondary N) is 2. The van der Waals surface area contributed by atoms with Crippen molar-refractivity contribution < 1.29 is 44.3 Å². The van der Waals surface area contributed by atoms with Crippen LogP contribution in [0.15, 0.2) is 88.9 Å². The Bertz CT molecular complexity index is 1280. The van der Waals surface area contributed by atoms with Gasteiger partial charge in [0.25, 0.3) is 15.9 Å². The Kier molecular flexibility index (Phi) is 10.6. The fourth-order valence-corrected chi connectivity index (χ4v) is 4.97. The maximum atomic E-state index is 12.8. The van der Waals surface area contributed by atoms with Gasteiger partial charge in [-0.25, -0.2) is 17.7 Å². The molecule has 184 valence electrons. The summed E-state index contributed by atoms with van der Waals surface area (Å²) in [5.74, 6) is -1.12. The van der Waals surface area contributed by atoms with Gasteiger partial charge in [-0.3, -0.25) is 14.4 Å². The van der Waals surface area contributed by atoms with Gasteiger partial charge in [0.05, 0.1) is 10.5 Å². The van der Waals surface area contributed by atoms with Crippen LogP contribution in [0, 0.1) is 0 Å². The number of aromatic nitrogens is 1. The van der Waals surface area contributed by atoms with Gasteiger partial charge in [0.15, 0.2) is 17.5 Å². The van der Waals surface area contributed by atoms with Gasteiger partial charge in [-0.05, 0) is 36.4 Å². The Labute approximate surface area is 219 Å². The van der Waals surface area contributed by atoms with E-state index in [4.69, 9.17) is 0 Å². The largest absolute Gasteiger partial charge is 1.00 e. The molecular weight excluding hydrogens is 554 g/mol. The smallest absolute Gasteiger partial charge is 0.264 e. The number of halogens is 1. The molecule has 0 saturated heterocycles. The number of anilines is 1. The Hall–Kier alpha value is -3.02. The number of hydrogen-bond donors (Lipinski definition) is 2. The number of thioether (sulfide) groups is 1. The molecule has 3 aromatic rings. The van der Waals surface area contributed by atoms with Crippen molar-refractivity contribution in [2.24, 2.45) is 0 Å². The molecule has 0 aliphatic heterocycles. The highest BCUT2D eigenvalue weighted by Crippen LogP contribution is 2.26. The van der Waals surface area contributed by atoms with Crippen molar-refractivity contribution in [3.05, 3.63) is 84.7 Å². The molecule has 0 bridgehead atoms. The highest BCUT2D eigenvalue weighted by molar-refractivity contribution is 8.13. The van der Waals surface area contributed by atoms with Crippen LogP contribution in [0.4, 0.5) is 5.69 Å². The highest BCUT2D eigenvalue weighted by Gasteiger charge is 2.17. The lowest BCUT2D eigenvalue weighted by Crippen LogP contribution is -3.00. The first-order chi connectivity index (χ1) is 16.2. The van der Waals surface area contributed by atoms with E-state index in [-0.39, 0.29) is 27.0 Å². The minimum absolute atomic E-state index is 0. The Balaban J connectivity index is 0.00000432. The zero-order chi connectivity index (χ0) is 24.6. The predicted molar refractivity (Wildman–Crippen MR) is 129 cm³/mol. The Morgan fingerprint density at radius 3 is 2.23 bits per heavy atom. The summed E-state index contributed by atoms with van der Waals surface area (Å²) in [6.45, 7) is 1.83. The minimum atomic E-state index is -3.96. The van der Waals surface area contributed by atoms with Crippen molar-refractivity contribution >= 4 is 44.4 Å². The molecule has 2 aromatic carbocycles. The number of benzene rings is 2.